The molecule has 1 saturated carbocycles. The Morgan fingerprint density at radius 2 is 2.19 bits per heavy atom. The fourth-order valence-electron chi connectivity index (χ4n) is 2.61. The first-order chi connectivity index (χ1) is 10.0. The van der Waals surface area contributed by atoms with Crippen LogP contribution < -0.4 is 10.5 Å². The number of fused-ring (bicyclic) bond motifs is 1. The van der Waals surface area contributed by atoms with Gasteiger partial charge in [0.05, 0.1) is 17.5 Å². The second kappa shape index (κ2) is 5.13. The highest BCUT2D eigenvalue weighted by Crippen LogP contribution is 2.39. The molecule has 1 heterocycles. The highest BCUT2D eigenvalue weighted by Gasteiger charge is 2.38. The van der Waals surface area contributed by atoms with Gasteiger partial charge in [-0.25, -0.2) is 4.98 Å². The van der Waals surface area contributed by atoms with E-state index in [1.807, 2.05) is 18.0 Å². The molecule has 1 aromatic heterocycles. The molecule has 0 bridgehead atoms. The summed E-state index contributed by atoms with van der Waals surface area (Å²) in [4.78, 5) is 21.2. The molecule has 2 aromatic rings. The van der Waals surface area contributed by atoms with Gasteiger partial charge in [-0.05, 0) is 37.5 Å². The number of nitrogens with zero attached hydrogens (tertiary/aromatic N) is 2. The lowest BCUT2D eigenvalue weighted by Crippen LogP contribution is -2.37. The summed E-state index contributed by atoms with van der Waals surface area (Å²) in [5.41, 5.74) is 0.212. The molecule has 0 aliphatic heterocycles. The number of rotatable bonds is 4. The molecule has 6 heteroatoms. The fourth-order valence-corrected chi connectivity index (χ4v) is 2.61. The van der Waals surface area contributed by atoms with Crippen molar-refractivity contribution in [3.8, 4) is 0 Å². The van der Waals surface area contributed by atoms with Crippen molar-refractivity contribution in [2.45, 2.75) is 24.9 Å². The zero-order chi connectivity index (χ0) is 15.0. The molecule has 0 unspecified atom stereocenters. The van der Waals surface area contributed by atoms with E-state index in [0.717, 1.165) is 12.1 Å². The molecule has 1 aromatic carbocycles. The van der Waals surface area contributed by atoms with Gasteiger partial charge >= 0.3 is 0 Å². The van der Waals surface area contributed by atoms with E-state index in [-0.39, 0.29) is 12.2 Å². The highest BCUT2D eigenvalue weighted by atomic mass is 16.3. The van der Waals surface area contributed by atoms with Crippen LogP contribution >= 0.6 is 0 Å². The second-order valence-corrected chi connectivity index (χ2v) is 5.65. The van der Waals surface area contributed by atoms with Gasteiger partial charge in [-0.2, -0.15) is 0 Å². The lowest BCUT2D eigenvalue weighted by molar-refractivity contribution is -0.0466. The van der Waals surface area contributed by atoms with E-state index in [9.17, 15) is 9.90 Å². The van der Waals surface area contributed by atoms with E-state index in [2.05, 4.69) is 9.97 Å². The van der Waals surface area contributed by atoms with Crippen LogP contribution in [0.4, 0.5) is 5.69 Å². The predicted molar refractivity (Wildman–Crippen MR) is 80.5 cm³/mol. The van der Waals surface area contributed by atoms with Crippen LogP contribution in [-0.4, -0.2) is 40.4 Å². The van der Waals surface area contributed by atoms with Crippen molar-refractivity contribution in [3.05, 3.63) is 34.4 Å². The zero-order valence-electron chi connectivity index (χ0n) is 12.0. The van der Waals surface area contributed by atoms with Gasteiger partial charge in [-0.1, -0.05) is 0 Å². The lowest BCUT2D eigenvalue weighted by atomic mass is 9.79. The van der Waals surface area contributed by atoms with Crippen LogP contribution in [0.1, 0.15) is 25.1 Å². The first-order valence-electron chi connectivity index (χ1n) is 7.12. The molecule has 6 nitrogen and oxygen atoms in total. The van der Waals surface area contributed by atoms with Crippen molar-refractivity contribution < 1.29 is 10.2 Å². The van der Waals surface area contributed by atoms with Crippen LogP contribution in [0.3, 0.4) is 0 Å². The number of benzene rings is 1. The van der Waals surface area contributed by atoms with Crippen LogP contribution in [0.15, 0.2) is 23.0 Å². The Morgan fingerprint density at radius 3 is 2.81 bits per heavy atom. The number of likely N-dealkylation sites (N-methyl/N-ethyl adjacent to an activating group) is 1. The quantitative estimate of drug-likeness (QED) is 0.772. The summed E-state index contributed by atoms with van der Waals surface area (Å²) in [6.07, 6.45) is 2.22. The van der Waals surface area contributed by atoms with E-state index in [0.29, 0.717) is 36.1 Å². The van der Waals surface area contributed by atoms with Crippen LogP contribution in [0.5, 0.6) is 0 Å². The monoisotopic (exact) mass is 289 g/mol. The number of aromatic nitrogens is 2. The maximum absolute atomic E-state index is 12.2. The Labute approximate surface area is 122 Å². The molecule has 0 saturated heterocycles. The Morgan fingerprint density at radius 1 is 1.43 bits per heavy atom. The summed E-state index contributed by atoms with van der Waals surface area (Å²) in [6.45, 7) is 0.545. The molecule has 0 atom stereocenters. The minimum atomic E-state index is -0.973. The number of aromatic amines is 1. The maximum atomic E-state index is 12.2. The van der Waals surface area contributed by atoms with Crippen molar-refractivity contribution in [2.75, 3.05) is 25.1 Å². The molecule has 112 valence electrons. The van der Waals surface area contributed by atoms with E-state index < -0.39 is 5.60 Å². The Hall–Kier alpha value is -1.92. The average molecular weight is 289 g/mol. The van der Waals surface area contributed by atoms with Gasteiger partial charge in [-0.3, -0.25) is 4.79 Å². The highest BCUT2D eigenvalue weighted by molar-refractivity contribution is 5.81. The normalized spacial score (nSPS) is 16.7. The first kappa shape index (κ1) is 14.0. The third-order valence-corrected chi connectivity index (χ3v) is 4.19. The lowest BCUT2D eigenvalue weighted by Gasteiger charge is -2.35. The van der Waals surface area contributed by atoms with Crippen LogP contribution in [0, 0.1) is 0 Å². The molecule has 1 fully saturated rings. The third kappa shape index (κ3) is 2.41. The van der Waals surface area contributed by atoms with Crippen molar-refractivity contribution >= 4 is 16.6 Å². The van der Waals surface area contributed by atoms with Crippen LogP contribution in [0.25, 0.3) is 10.9 Å². The van der Waals surface area contributed by atoms with Gasteiger partial charge < -0.3 is 20.1 Å². The van der Waals surface area contributed by atoms with E-state index in [1.165, 1.54) is 0 Å². The number of aliphatic hydroxyl groups excluding tert-OH is 1. The summed E-state index contributed by atoms with van der Waals surface area (Å²) in [5, 5.41) is 19.8. The van der Waals surface area contributed by atoms with Crippen molar-refractivity contribution in [2.24, 2.45) is 0 Å². The van der Waals surface area contributed by atoms with E-state index >= 15 is 0 Å². The van der Waals surface area contributed by atoms with Crippen molar-refractivity contribution in [1.29, 1.82) is 0 Å². The number of H-pyrrole nitrogens is 1. The number of anilines is 1. The van der Waals surface area contributed by atoms with Gasteiger partial charge in [0, 0.05) is 19.3 Å². The maximum Gasteiger partial charge on any atom is 0.258 e. The number of hydrogen-bond acceptors (Lipinski definition) is 5. The average Bonchev–Trinajstić information content (AvgIpc) is 2.44. The molecule has 0 amide bonds. The van der Waals surface area contributed by atoms with Gasteiger partial charge in [0.1, 0.15) is 11.4 Å². The van der Waals surface area contributed by atoms with Gasteiger partial charge in [0.25, 0.3) is 5.56 Å². The molecule has 3 rings (SSSR count). The predicted octanol–water partition coefficient (Wildman–Crippen LogP) is 0.723. The van der Waals surface area contributed by atoms with Gasteiger partial charge in [-0.15, -0.1) is 0 Å². The van der Waals surface area contributed by atoms with Crippen LogP contribution in [0.2, 0.25) is 0 Å². The van der Waals surface area contributed by atoms with Crippen molar-refractivity contribution in [1.82, 2.24) is 9.97 Å². The minimum absolute atomic E-state index is 0.0507. The SMILES string of the molecule is CN(CCO)c1ccc2nc(C3(O)CCC3)[nH]c(=O)c2c1. The topological polar surface area (TPSA) is 89.4 Å². The molecular weight excluding hydrogens is 270 g/mol. The summed E-state index contributed by atoms with van der Waals surface area (Å²) in [7, 11) is 1.85. The largest absolute Gasteiger partial charge is 0.395 e. The molecular formula is C15H19N3O3. The molecule has 1 aliphatic rings. The molecule has 21 heavy (non-hydrogen) atoms. The third-order valence-electron chi connectivity index (χ3n) is 4.19. The minimum Gasteiger partial charge on any atom is -0.395 e. The summed E-state index contributed by atoms with van der Waals surface area (Å²) >= 11 is 0. The Balaban J connectivity index is 2.05. The smallest absolute Gasteiger partial charge is 0.258 e. The zero-order valence-corrected chi connectivity index (χ0v) is 12.0. The first-order valence-corrected chi connectivity index (χ1v) is 7.12. The Kier molecular flexibility index (Phi) is 3.43. The van der Waals surface area contributed by atoms with E-state index in [1.54, 1.807) is 12.1 Å². The fraction of sp³-hybridized carbons (Fsp3) is 0.467. The second-order valence-electron chi connectivity index (χ2n) is 5.65. The Bertz CT molecular complexity index is 722. The number of nitrogens with one attached hydrogen (secondary N) is 1. The molecule has 0 radical (unpaired) electrons. The molecule has 3 N–H and O–H groups in total. The summed E-state index contributed by atoms with van der Waals surface area (Å²) < 4.78 is 0. The van der Waals surface area contributed by atoms with Crippen LogP contribution in [-0.2, 0) is 5.60 Å². The van der Waals surface area contributed by atoms with Gasteiger partial charge in [0.15, 0.2) is 0 Å². The molecule has 1 aliphatic carbocycles. The standard InChI is InChI=1S/C15H19N3O3/c1-18(7-8-19)10-3-4-12-11(9-10)13(20)17-14(16-12)15(21)5-2-6-15/h3-4,9,19,21H,2,5-8H2,1H3,(H,16,17,20). The number of hydrogen-bond donors (Lipinski definition) is 3. The number of aliphatic hydroxyl groups is 2. The summed E-state index contributed by atoms with van der Waals surface area (Å²) in [5.74, 6) is 0.364. The van der Waals surface area contributed by atoms with Gasteiger partial charge in [0.2, 0.25) is 0 Å². The van der Waals surface area contributed by atoms with E-state index in [4.69, 9.17) is 5.11 Å². The molecule has 0 spiro atoms. The van der Waals surface area contributed by atoms with Crippen molar-refractivity contribution in [3.63, 3.8) is 0 Å². The summed E-state index contributed by atoms with van der Waals surface area (Å²) in [6, 6.07) is 5.39.